The number of amides is 1. The Kier molecular flexibility index (Phi) is 4.88. The number of carbonyl (C=O) groups is 1. The zero-order chi connectivity index (χ0) is 18.8. The highest BCUT2D eigenvalue weighted by Gasteiger charge is 2.23. The van der Waals surface area contributed by atoms with Crippen molar-refractivity contribution in [3.05, 3.63) is 59.3 Å². The molecule has 0 saturated carbocycles. The lowest BCUT2D eigenvalue weighted by molar-refractivity contribution is 0.0720. The molecule has 0 spiro atoms. The highest BCUT2D eigenvalue weighted by atomic mass is 19.1. The van der Waals surface area contributed by atoms with Crippen LogP contribution in [0.25, 0.3) is 11.3 Å². The molecule has 0 aliphatic carbocycles. The van der Waals surface area contributed by atoms with Gasteiger partial charge < -0.3 is 4.90 Å². The van der Waals surface area contributed by atoms with Crippen molar-refractivity contribution >= 4 is 5.91 Å². The summed E-state index contributed by atoms with van der Waals surface area (Å²) in [6.45, 7) is 3.90. The Balaban J connectivity index is 1.84. The van der Waals surface area contributed by atoms with Crippen molar-refractivity contribution in [3.63, 3.8) is 0 Å². The van der Waals surface area contributed by atoms with Crippen LogP contribution in [0.15, 0.2) is 36.5 Å². The Hall–Kier alpha value is -2.96. The molecule has 136 valence electrons. The average Bonchev–Trinajstić information content (AvgIpc) is 3.22. The lowest BCUT2D eigenvalue weighted by Crippen LogP contribution is -2.31. The van der Waals surface area contributed by atoms with Gasteiger partial charge >= 0.3 is 0 Å². The normalized spacial score (nSPS) is 12.2. The molecule has 6 nitrogen and oxygen atoms in total. The summed E-state index contributed by atoms with van der Waals surface area (Å²) < 4.78 is 14.9. The third kappa shape index (κ3) is 3.37. The van der Waals surface area contributed by atoms with Gasteiger partial charge in [-0.3, -0.25) is 14.6 Å². The third-order valence-corrected chi connectivity index (χ3v) is 4.53. The SMILES string of the molecule is CCC(c1ccc(F)cc1)N(C)C(=O)c1cc(-c2cn(C)nc2C)n[nH]1. The molecule has 3 aromatic rings. The molecule has 3 rings (SSSR count). The van der Waals surface area contributed by atoms with Crippen molar-refractivity contribution in [2.75, 3.05) is 7.05 Å². The quantitative estimate of drug-likeness (QED) is 0.762. The summed E-state index contributed by atoms with van der Waals surface area (Å²) >= 11 is 0. The number of hydrogen-bond donors (Lipinski definition) is 1. The van der Waals surface area contributed by atoms with Gasteiger partial charge in [0.05, 0.1) is 17.4 Å². The maximum Gasteiger partial charge on any atom is 0.272 e. The molecule has 1 atom stereocenters. The van der Waals surface area contributed by atoms with Gasteiger partial charge in [-0.1, -0.05) is 19.1 Å². The maximum absolute atomic E-state index is 13.2. The first-order valence-electron chi connectivity index (χ1n) is 8.49. The molecule has 26 heavy (non-hydrogen) atoms. The standard InChI is InChI=1S/C19H22FN5O/c1-5-18(13-6-8-14(20)9-7-13)25(4)19(26)17-10-16(21-22-17)15-11-24(3)23-12(15)2/h6-11,18H,5H2,1-4H3,(H,21,22). The van der Waals surface area contributed by atoms with Crippen LogP contribution >= 0.6 is 0 Å². The highest BCUT2D eigenvalue weighted by Crippen LogP contribution is 2.26. The number of rotatable bonds is 5. The van der Waals surface area contributed by atoms with Gasteiger partial charge in [0.25, 0.3) is 5.91 Å². The van der Waals surface area contributed by atoms with E-state index in [2.05, 4.69) is 15.3 Å². The number of aromatic amines is 1. The zero-order valence-corrected chi connectivity index (χ0v) is 15.3. The molecule has 1 unspecified atom stereocenters. The van der Waals surface area contributed by atoms with Crippen LogP contribution in [0, 0.1) is 12.7 Å². The Labute approximate surface area is 151 Å². The fourth-order valence-electron chi connectivity index (χ4n) is 3.17. The molecule has 2 heterocycles. The Morgan fingerprint density at radius 1 is 1.35 bits per heavy atom. The average molecular weight is 355 g/mol. The van der Waals surface area contributed by atoms with Crippen molar-refractivity contribution in [1.82, 2.24) is 24.9 Å². The lowest BCUT2D eigenvalue weighted by atomic mass is 10.0. The summed E-state index contributed by atoms with van der Waals surface area (Å²) in [6, 6.07) is 7.84. The smallest absolute Gasteiger partial charge is 0.272 e. The van der Waals surface area contributed by atoms with Crippen LogP contribution in [-0.2, 0) is 7.05 Å². The summed E-state index contributed by atoms with van der Waals surface area (Å²) in [7, 11) is 3.59. The van der Waals surface area contributed by atoms with Crippen LogP contribution in [0.3, 0.4) is 0 Å². The van der Waals surface area contributed by atoms with E-state index in [9.17, 15) is 9.18 Å². The molecule has 0 radical (unpaired) electrons. The fourth-order valence-corrected chi connectivity index (χ4v) is 3.17. The van der Waals surface area contributed by atoms with Crippen molar-refractivity contribution in [2.24, 2.45) is 7.05 Å². The van der Waals surface area contributed by atoms with E-state index >= 15 is 0 Å². The maximum atomic E-state index is 13.2. The fraction of sp³-hybridized carbons (Fsp3) is 0.316. The van der Waals surface area contributed by atoms with Crippen LogP contribution in [0.4, 0.5) is 4.39 Å². The molecule has 2 aromatic heterocycles. The monoisotopic (exact) mass is 355 g/mol. The molecule has 0 aliphatic heterocycles. The van der Waals surface area contributed by atoms with E-state index in [1.165, 1.54) is 12.1 Å². The van der Waals surface area contributed by atoms with Crippen molar-refractivity contribution < 1.29 is 9.18 Å². The minimum absolute atomic E-state index is 0.144. The number of hydrogen-bond acceptors (Lipinski definition) is 3. The van der Waals surface area contributed by atoms with Gasteiger partial charge in [0.2, 0.25) is 0 Å². The summed E-state index contributed by atoms with van der Waals surface area (Å²) in [5, 5.41) is 11.4. The van der Waals surface area contributed by atoms with Crippen LogP contribution < -0.4 is 0 Å². The molecule has 1 N–H and O–H groups in total. The van der Waals surface area contributed by atoms with Crippen LogP contribution in [-0.4, -0.2) is 37.8 Å². The topological polar surface area (TPSA) is 66.8 Å². The van der Waals surface area contributed by atoms with Gasteiger partial charge in [-0.15, -0.1) is 0 Å². The predicted octanol–water partition coefficient (Wildman–Crippen LogP) is 3.48. The highest BCUT2D eigenvalue weighted by molar-refractivity contribution is 5.93. The second-order valence-electron chi connectivity index (χ2n) is 6.36. The number of carbonyl (C=O) groups excluding carboxylic acids is 1. The molecular formula is C19H22FN5O. The van der Waals surface area contributed by atoms with E-state index in [1.807, 2.05) is 27.1 Å². The first-order chi connectivity index (χ1) is 12.4. The van der Waals surface area contributed by atoms with E-state index in [0.717, 1.165) is 23.2 Å². The summed E-state index contributed by atoms with van der Waals surface area (Å²) in [5.41, 5.74) is 3.72. The van der Waals surface area contributed by atoms with Gasteiger partial charge in [0.1, 0.15) is 11.5 Å². The Morgan fingerprint density at radius 2 is 2.04 bits per heavy atom. The molecule has 7 heteroatoms. The molecule has 0 fully saturated rings. The van der Waals surface area contributed by atoms with E-state index < -0.39 is 0 Å². The number of aryl methyl sites for hydroxylation is 2. The number of nitrogens with zero attached hydrogens (tertiary/aromatic N) is 4. The first-order valence-corrected chi connectivity index (χ1v) is 8.49. The van der Waals surface area contributed by atoms with Crippen LogP contribution in [0.2, 0.25) is 0 Å². The van der Waals surface area contributed by atoms with E-state index in [0.29, 0.717) is 11.4 Å². The van der Waals surface area contributed by atoms with Crippen LogP contribution in [0.1, 0.15) is 41.1 Å². The van der Waals surface area contributed by atoms with Gasteiger partial charge in [0, 0.05) is 25.9 Å². The molecule has 0 saturated heterocycles. The molecule has 1 aromatic carbocycles. The lowest BCUT2D eigenvalue weighted by Gasteiger charge is -2.27. The van der Waals surface area contributed by atoms with Crippen molar-refractivity contribution in [3.8, 4) is 11.3 Å². The minimum atomic E-state index is -0.289. The largest absolute Gasteiger partial charge is 0.333 e. The second kappa shape index (κ2) is 7.11. The van der Waals surface area contributed by atoms with Crippen molar-refractivity contribution in [2.45, 2.75) is 26.3 Å². The third-order valence-electron chi connectivity index (χ3n) is 4.53. The number of H-pyrrole nitrogens is 1. The zero-order valence-electron chi connectivity index (χ0n) is 15.3. The number of nitrogens with one attached hydrogen (secondary N) is 1. The van der Waals surface area contributed by atoms with Gasteiger partial charge in [-0.05, 0) is 37.1 Å². The Bertz CT molecular complexity index is 912. The molecular weight excluding hydrogens is 333 g/mol. The predicted molar refractivity (Wildman–Crippen MR) is 97.1 cm³/mol. The van der Waals surface area contributed by atoms with Gasteiger partial charge in [0.15, 0.2) is 0 Å². The summed E-state index contributed by atoms with van der Waals surface area (Å²) in [6.07, 6.45) is 2.59. The van der Waals surface area contributed by atoms with Gasteiger partial charge in [-0.2, -0.15) is 10.2 Å². The van der Waals surface area contributed by atoms with Crippen molar-refractivity contribution in [1.29, 1.82) is 0 Å². The molecule has 0 aliphatic rings. The number of benzene rings is 1. The first kappa shape index (κ1) is 17.8. The van der Waals surface area contributed by atoms with Crippen LogP contribution in [0.5, 0.6) is 0 Å². The minimum Gasteiger partial charge on any atom is -0.333 e. The Morgan fingerprint density at radius 3 is 2.62 bits per heavy atom. The molecule has 0 bridgehead atoms. The number of halogens is 1. The summed E-state index contributed by atoms with van der Waals surface area (Å²) in [4.78, 5) is 14.5. The van der Waals surface area contributed by atoms with E-state index in [4.69, 9.17) is 0 Å². The van der Waals surface area contributed by atoms with E-state index in [1.54, 1.807) is 34.8 Å². The van der Waals surface area contributed by atoms with Gasteiger partial charge in [-0.25, -0.2) is 4.39 Å². The second-order valence-corrected chi connectivity index (χ2v) is 6.36. The van der Waals surface area contributed by atoms with E-state index in [-0.39, 0.29) is 17.8 Å². The molecule has 1 amide bonds. The number of aromatic nitrogens is 4. The summed E-state index contributed by atoms with van der Waals surface area (Å²) in [5.74, 6) is -0.455.